The first kappa shape index (κ1) is 19.1. The van der Waals surface area contributed by atoms with Gasteiger partial charge in [-0.05, 0) is 5.10 Å². The highest BCUT2D eigenvalue weighted by molar-refractivity contribution is 5.73. The number of aryl methyl sites for hydroxylation is 2. The van der Waals surface area contributed by atoms with Crippen molar-refractivity contribution in [3.05, 3.63) is 30.9 Å². The van der Waals surface area contributed by atoms with E-state index in [2.05, 4.69) is 10.1 Å². The summed E-state index contributed by atoms with van der Waals surface area (Å²) in [6.07, 6.45) is 2.01. The number of nitrogens with zero attached hydrogens (tertiary/aromatic N) is 4. The lowest BCUT2D eigenvalue weighted by molar-refractivity contribution is -0.752. The Morgan fingerprint density at radius 3 is 2.33 bits per heavy atom. The largest absolute Gasteiger partial charge is 0.490 e. The van der Waals surface area contributed by atoms with Crippen molar-refractivity contribution in [2.75, 3.05) is 0 Å². The SMILES string of the molecule is Cn1ccnc1-c1cc[n+](CCC(=O)O)nc1.O=C(O)C(F)(F)F. The molecule has 0 radical (unpaired) electrons. The van der Waals surface area contributed by atoms with E-state index in [9.17, 15) is 18.0 Å². The summed E-state index contributed by atoms with van der Waals surface area (Å²) in [6, 6.07) is 1.87. The van der Waals surface area contributed by atoms with Crippen molar-refractivity contribution in [3.63, 3.8) is 0 Å². The molecule has 0 amide bonds. The van der Waals surface area contributed by atoms with Crippen molar-refractivity contribution in [1.82, 2.24) is 14.6 Å². The van der Waals surface area contributed by atoms with Crippen LogP contribution in [-0.2, 0) is 23.2 Å². The van der Waals surface area contributed by atoms with Gasteiger partial charge in [0.1, 0.15) is 18.4 Å². The topological polar surface area (TPSA) is 109 Å². The third kappa shape index (κ3) is 6.02. The fraction of sp³-hybridized carbons (Fsp3) is 0.308. The van der Waals surface area contributed by atoms with Gasteiger partial charge in [-0.25, -0.2) is 9.78 Å². The Kier molecular flexibility index (Phi) is 6.38. The van der Waals surface area contributed by atoms with Crippen molar-refractivity contribution in [2.24, 2.45) is 7.05 Å². The van der Waals surface area contributed by atoms with Crippen LogP contribution in [0.3, 0.4) is 0 Å². The smallest absolute Gasteiger partial charge is 0.481 e. The molecule has 0 aliphatic rings. The molecule has 2 aromatic heterocycles. The summed E-state index contributed by atoms with van der Waals surface area (Å²) in [5.41, 5.74) is 0.907. The molecule has 130 valence electrons. The minimum atomic E-state index is -5.08. The maximum atomic E-state index is 10.6. The molecular formula is C13H14F3N4O4+. The molecule has 0 atom stereocenters. The summed E-state index contributed by atoms with van der Waals surface area (Å²) < 4.78 is 35.2. The van der Waals surface area contributed by atoms with E-state index < -0.39 is 18.1 Å². The number of carboxylic acids is 2. The average molecular weight is 347 g/mol. The van der Waals surface area contributed by atoms with Gasteiger partial charge in [0.25, 0.3) is 0 Å². The third-order valence-electron chi connectivity index (χ3n) is 2.65. The fourth-order valence-electron chi connectivity index (χ4n) is 1.50. The lowest BCUT2D eigenvalue weighted by Gasteiger charge is -1.99. The van der Waals surface area contributed by atoms with Crippen molar-refractivity contribution < 1.29 is 37.7 Å². The number of hydrogen-bond donors (Lipinski definition) is 2. The second-order valence-electron chi connectivity index (χ2n) is 4.49. The first-order valence-corrected chi connectivity index (χ1v) is 6.46. The van der Waals surface area contributed by atoms with Gasteiger partial charge in [0.15, 0.2) is 12.7 Å². The molecule has 0 bridgehead atoms. The summed E-state index contributed by atoms with van der Waals surface area (Å²) >= 11 is 0. The standard InChI is InChI=1S/C11H12N4O2.C2HF3O2/c1-14-7-4-12-11(14)9-2-5-15(13-8-9)6-3-10(16)17;3-2(4,5)1(6)7/h2,4-5,7-8H,3,6H2,1H3;(H,6,7)/p+1. The average Bonchev–Trinajstić information content (AvgIpc) is 2.91. The van der Waals surface area contributed by atoms with Crippen molar-refractivity contribution in [3.8, 4) is 11.4 Å². The predicted octanol–water partition coefficient (Wildman–Crippen LogP) is 0.878. The van der Waals surface area contributed by atoms with E-state index >= 15 is 0 Å². The van der Waals surface area contributed by atoms with Gasteiger partial charge in [0.05, 0.1) is 0 Å². The summed E-state index contributed by atoms with van der Waals surface area (Å²) in [7, 11) is 1.91. The Balaban J connectivity index is 0.000000351. The van der Waals surface area contributed by atoms with Gasteiger partial charge >= 0.3 is 18.1 Å². The maximum Gasteiger partial charge on any atom is 0.490 e. The molecule has 0 fully saturated rings. The van der Waals surface area contributed by atoms with Gasteiger partial charge in [-0.15, -0.1) is 0 Å². The monoisotopic (exact) mass is 347 g/mol. The van der Waals surface area contributed by atoms with E-state index in [0.29, 0.717) is 6.54 Å². The van der Waals surface area contributed by atoms with Crippen LogP contribution in [0, 0.1) is 0 Å². The highest BCUT2D eigenvalue weighted by Gasteiger charge is 2.38. The van der Waals surface area contributed by atoms with E-state index in [4.69, 9.17) is 15.0 Å². The van der Waals surface area contributed by atoms with Crippen LogP contribution in [0.15, 0.2) is 30.9 Å². The van der Waals surface area contributed by atoms with Gasteiger partial charge in [0, 0.05) is 31.1 Å². The second-order valence-corrected chi connectivity index (χ2v) is 4.49. The van der Waals surface area contributed by atoms with Gasteiger partial charge in [0.2, 0.25) is 0 Å². The van der Waals surface area contributed by atoms with Crippen LogP contribution >= 0.6 is 0 Å². The summed E-state index contributed by atoms with van der Waals surface area (Å²) in [4.78, 5) is 23.5. The molecule has 2 N–H and O–H groups in total. The molecule has 2 aromatic rings. The minimum absolute atomic E-state index is 0.0689. The molecule has 0 saturated carbocycles. The number of rotatable bonds is 4. The van der Waals surface area contributed by atoms with Gasteiger partial charge in [-0.3, -0.25) is 4.79 Å². The molecule has 0 aliphatic heterocycles. The lowest BCUT2D eigenvalue weighted by Crippen LogP contribution is -2.38. The van der Waals surface area contributed by atoms with Crippen LogP contribution in [0.2, 0.25) is 0 Å². The molecule has 0 spiro atoms. The zero-order chi connectivity index (χ0) is 18.3. The first-order chi connectivity index (χ1) is 11.1. The van der Waals surface area contributed by atoms with Crippen molar-refractivity contribution in [1.29, 1.82) is 0 Å². The predicted molar refractivity (Wildman–Crippen MR) is 72.6 cm³/mol. The first-order valence-electron chi connectivity index (χ1n) is 6.46. The van der Waals surface area contributed by atoms with Crippen LogP contribution in [0.1, 0.15) is 6.42 Å². The Hall–Kier alpha value is -2.98. The normalized spacial score (nSPS) is 10.7. The number of hydrogen-bond acceptors (Lipinski definition) is 4. The fourth-order valence-corrected chi connectivity index (χ4v) is 1.50. The van der Waals surface area contributed by atoms with Crippen LogP contribution < -0.4 is 4.68 Å². The minimum Gasteiger partial charge on any atom is -0.481 e. The molecule has 0 aliphatic carbocycles. The maximum absolute atomic E-state index is 10.6. The third-order valence-corrected chi connectivity index (χ3v) is 2.65. The second kappa shape index (κ2) is 8.04. The number of aliphatic carboxylic acids is 2. The number of imidazole rings is 1. The van der Waals surface area contributed by atoms with Crippen LogP contribution in [0.4, 0.5) is 13.2 Å². The molecule has 0 saturated heterocycles. The van der Waals surface area contributed by atoms with E-state index in [1.807, 2.05) is 23.9 Å². The Morgan fingerprint density at radius 2 is 1.96 bits per heavy atom. The van der Waals surface area contributed by atoms with E-state index in [-0.39, 0.29) is 6.42 Å². The van der Waals surface area contributed by atoms with Crippen molar-refractivity contribution in [2.45, 2.75) is 19.1 Å². The Morgan fingerprint density at radius 1 is 1.33 bits per heavy atom. The quantitative estimate of drug-likeness (QED) is 0.795. The Bertz CT molecular complexity index is 698. The lowest BCUT2D eigenvalue weighted by atomic mass is 10.3. The summed E-state index contributed by atoms with van der Waals surface area (Å²) in [5.74, 6) is -2.75. The molecule has 11 heteroatoms. The summed E-state index contributed by atoms with van der Waals surface area (Å²) in [6.45, 7) is 0.371. The molecule has 2 heterocycles. The van der Waals surface area contributed by atoms with Gasteiger partial charge in [-0.1, -0.05) is 4.68 Å². The zero-order valence-corrected chi connectivity index (χ0v) is 12.4. The van der Waals surface area contributed by atoms with Crippen molar-refractivity contribution >= 4 is 11.9 Å². The molecule has 0 aromatic carbocycles. The highest BCUT2D eigenvalue weighted by Crippen LogP contribution is 2.13. The molecule has 0 unspecified atom stereocenters. The van der Waals surface area contributed by atoms with E-state index in [0.717, 1.165) is 11.4 Å². The number of carbonyl (C=O) groups is 2. The van der Waals surface area contributed by atoms with Gasteiger partial charge < -0.3 is 14.8 Å². The summed E-state index contributed by atoms with van der Waals surface area (Å²) in [5, 5.41) is 19.8. The molecular weight excluding hydrogens is 333 g/mol. The van der Waals surface area contributed by atoms with Crippen LogP contribution in [0.5, 0.6) is 0 Å². The number of aromatic nitrogens is 4. The van der Waals surface area contributed by atoms with E-state index in [1.54, 1.807) is 23.3 Å². The number of carboxylic acid groups (broad SMARTS) is 2. The zero-order valence-electron chi connectivity index (χ0n) is 12.4. The number of halogens is 3. The molecule has 2 rings (SSSR count). The van der Waals surface area contributed by atoms with Gasteiger partial charge in [-0.2, -0.15) is 13.2 Å². The highest BCUT2D eigenvalue weighted by atomic mass is 19.4. The van der Waals surface area contributed by atoms with Crippen LogP contribution in [-0.4, -0.2) is 43.0 Å². The number of alkyl halides is 3. The molecule has 8 nitrogen and oxygen atoms in total. The Labute approximate surface area is 133 Å². The molecule has 24 heavy (non-hydrogen) atoms. The van der Waals surface area contributed by atoms with E-state index in [1.165, 1.54) is 0 Å². The van der Waals surface area contributed by atoms with Crippen LogP contribution in [0.25, 0.3) is 11.4 Å².